The Morgan fingerprint density at radius 1 is 1.40 bits per heavy atom. The summed E-state index contributed by atoms with van der Waals surface area (Å²) in [5.74, 6) is -0.486. The predicted octanol–water partition coefficient (Wildman–Crippen LogP) is -0.0802. The maximum Gasteiger partial charge on any atom is 0.358 e. The number of aryl methyl sites for hydroxylation is 1. The summed E-state index contributed by atoms with van der Waals surface area (Å²) in [6.07, 6.45) is 2.99. The average Bonchev–Trinajstić information content (AvgIpc) is 3.07. The highest BCUT2D eigenvalue weighted by molar-refractivity contribution is 5.89. The maximum absolute atomic E-state index is 11.8. The minimum absolute atomic E-state index is 0.0318. The normalized spacial score (nSPS) is 10.3. The number of hydrogen-bond donors (Lipinski definition) is 1. The van der Waals surface area contributed by atoms with Gasteiger partial charge in [-0.2, -0.15) is 15.0 Å². The van der Waals surface area contributed by atoms with Gasteiger partial charge in [0.2, 0.25) is 5.91 Å². The number of nitrogens with zero attached hydrogens (tertiary/aromatic N) is 5. The van der Waals surface area contributed by atoms with Gasteiger partial charge in [0.1, 0.15) is 6.54 Å². The zero-order valence-corrected chi connectivity index (χ0v) is 11.1. The van der Waals surface area contributed by atoms with Crippen LogP contribution in [0.2, 0.25) is 0 Å². The van der Waals surface area contributed by atoms with Crippen LogP contribution in [-0.4, -0.2) is 43.8 Å². The van der Waals surface area contributed by atoms with Gasteiger partial charge in [0.15, 0.2) is 11.5 Å². The third-order valence-corrected chi connectivity index (χ3v) is 2.43. The molecule has 0 aliphatic carbocycles. The summed E-state index contributed by atoms with van der Waals surface area (Å²) in [6, 6.07) is 1.48. The first-order valence-electron chi connectivity index (χ1n) is 5.94. The molecule has 0 fully saturated rings. The van der Waals surface area contributed by atoms with Crippen LogP contribution in [0.5, 0.6) is 0 Å². The number of anilines is 1. The van der Waals surface area contributed by atoms with E-state index in [1.165, 1.54) is 35.0 Å². The van der Waals surface area contributed by atoms with E-state index in [9.17, 15) is 9.59 Å². The van der Waals surface area contributed by atoms with E-state index in [-0.39, 0.29) is 18.1 Å². The fourth-order valence-corrected chi connectivity index (χ4v) is 1.50. The molecule has 0 saturated carbocycles. The van der Waals surface area contributed by atoms with E-state index in [2.05, 4.69) is 25.3 Å². The molecule has 1 amide bonds. The summed E-state index contributed by atoms with van der Waals surface area (Å²) in [5, 5.41) is 14.5. The molecule has 0 bridgehead atoms. The lowest BCUT2D eigenvalue weighted by Gasteiger charge is -2.01. The number of hydrogen-bond acceptors (Lipinski definition) is 6. The number of nitrogens with one attached hydrogen (secondary N) is 1. The molecule has 0 aromatic carbocycles. The van der Waals surface area contributed by atoms with Crippen LogP contribution in [0.15, 0.2) is 18.5 Å². The number of ether oxygens (including phenoxy) is 1. The number of aromatic nitrogens is 5. The quantitative estimate of drug-likeness (QED) is 0.767. The van der Waals surface area contributed by atoms with Crippen LogP contribution in [0.3, 0.4) is 0 Å². The van der Waals surface area contributed by atoms with Crippen molar-refractivity contribution in [3.05, 3.63) is 24.2 Å². The van der Waals surface area contributed by atoms with Gasteiger partial charge in [-0.25, -0.2) is 4.79 Å². The summed E-state index contributed by atoms with van der Waals surface area (Å²) >= 11 is 0. The van der Waals surface area contributed by atoms with Crippen LogP contribution in [0.25, 0.3) is 0 Å². The number of carbonyl (C=O) groups is 2. The number of esters is 1. The lowest BCUT2D eigenvalue weighted by molar-refractivity contribution is -0.116. The molecular weight excluding hydrogens is 264 g/mol. The molecule has 106 valence electrons. The minimum atomic E-state index is -0.546. The Morgan fingerprint density at radius 3 is 2.85 bits per heavy atom. The zero-order chi connectivity index (χ0) is 14.5. The van der Waals surface area contributed by atoms with Crippen LogP contribution in [0.1, 0.15) is 17.4 Å². The van der Waals surface area contributed by atoms with Crippen LogP contribution in [0, 0.1) is 0 Å². The second-order valence-corrected chi connectivity index (χ2v) is 3.86. The monoisotopic (exact) mass is 278 g/mol. The molecule has 9 heteroatoms. The highest BCUT2D eigenvalue weighted by atomic mass is 16.5. The maximum atomic E-state index is 11.8. The van der Waals surface area contributed by atoms with Crippen molar-refractivity contribution >= 4 is 17.7 Å². The second-order valence-electron chi connectivity index (χ2n) is 3.86. The molecule has 0 radical (unpaired) electrons. The van der Waals surface area contributed by atoms with Crippen LogP contribution >= 0.6 is 0 Å². The Morgan fingerprint density at radius 2 is 2.20 bits per heavy atom. The second kappa shape index (κ2) is 5.95. The van der Waals surface area contributed by atoms with Gasteiger partial charge < -0.3 is 10.1 Å². The average molecular weight is 278 g/mol. The fourth-order valence-electron chi connectivity index (χ4n) is 1.50. The van der Waals surface area contributed by atoms with Gasteiger partial charge in [0.25, 0.3) is 0 Å². The van der Waals surface area contributed by atoms with Gasteiger partial charge in [-0.3, -0.25) is 9.48 Å². The third-order valence-electron chi connectivity index (χ3n) is 2.43. The lowest BCUT2D eigenvalue weighted by atomic mass is 10.4. The smallest absolute Gasteiger partial charge is 0.358 e. The first-order chi connectivity index (χ1) is 9.62. The van der Waals surface area contributed by atoms with E-state index in [1.807, 2.05) is 6.92 Å². The molecule has 0 aliphatic rings. The lowest BCUT2D eigenvalue weighted by Crippen LogP contribution is -2.20. The van der Waals surface area contributed by atoms with Crippen molar-refractivity contribution in [1.82, 2.24) is 24.8 Å². The molecule has 0 atom stereocenters. The van der Waals surface area contributed by atoms with Crippen molar-refractivity contribution in [2.45, 2.75) is 20.0 Å². The number of amides is 1. The van der Waals surface area contributed by atoms with Crippen molar-refractivity contribution in [3.8, 4) is 0 Å². The Hall–Kier alpha value is -2.71. The molecule has 0 unspecified atom stereocenters. The van der Waals surface area contributed by atoms with Crippen molar-refractivity contribution < 1.29 is 14.3 Å². The van der Waals surface area contributed by atoms with Crippen LogP contribution < -0.4 is 5.32 Å². The fraction of sp³-hybridized carbons (Fsp3) is 0.364. The molecular formula is C11H14N6O3. The van der Waals surface area contributed by atoms with Gasteiger partial charge in [-0.1, -0.05) is 0 Å². The standard InChI is InChI=1S/C11H14N6O3/c1-3-17-12-6-9(15-17)13-10(18)7-16-5-4-8(14-16)11(19)20-2/h4-6H,3,7H2,1-2H3,(H,13,15,18). The molecule has 2 aromatic heterocycles. The molecule has 0 aliphatic heterocycles. The third kappa shape index (κ3) is 3.19. The topological polar surface area (TPSA) is 104 Å². The molecule has 2 heterocycles. The van der Waals surface area contributed by atoms with E-state index in [0.717, 1.165) is 0 Å². The van der Waals surface area contributed by atoms with Crippen molar-refractivity contribution in [3.63, 3.8) is 0 Å². The van der Waals surface area contributed by atoms with E-state index in [0.29, 0.717) is 12.4 Å². The van der Waals surface area contributed by atoms with Gasteiger partial charge in [-0.15, -0.1) is 5.10 Å². The van der Waals surface area contributed by atoms with Crippen molar-refractivity contribution in [1.29, 1.82) is 0 Å². The minimum Gasteiger partial charge on any atom is -0.464 e. The Balaban J connectivity index is 1.94. The van der Waals surface area contributed by atoms with E-state index >= 15 is 0 Å². The highest BCUT2D eigenvalue weighted by Crippen LogP contribution is 2.01. The molecule has 2 aromatic rings. The van der Waals surface area contributed by atoms with E-state index in [1.54, 1.807) is 0 Å². The molecule has 1 N–H and O–H groups in total. The van der Waals surface area contributed by atoms with E-state index < -0.39 is 5.97 Å². The molecule has 0 saturated heterocycles. The largest absolute Gasteiger partial charge is 0.464 e. The summed E-state index contributed by atoms with van der Waals surface area (Å²) in [4.78, 5) is 24.4. The SMILES string of the molecule is CCn1ncc(NC(=O)Cn2ccc(C(=O)OC)n2)n1. The van der Waals surface area contributed by atoms with Crippen molar-refractivity contribution in [2.24, 2.45) is 0 Å². The van der Waals surface area contributed by atoms with Gasteiger partial charge in [-0.05, 0) is 13.0 Å². The molecule has 0 spiro atoms. The Bertz CT molecular complexity index is 617. The predicted molar refractivity (Wildman–Crippen MR) is 67.9 cm³/mol. The summed E-state index contributed by atoms with van der Waals surface area (Å²) in [7, 11) is 1.27. The Labute approximate surface area is 114 Å². The van der Waals surface area contributed by atoms with Crippen LogP contribution in [0.4, 0.5) is 5.82 Å². The zero-order valence-electron chi connectivity index (χ0n) is 11.1. The van der Waals surface area contributed by atoms with Gasteiger partial charge in [0, 0.05) is 6.20 Å². The Kier molecular flexibility index (Phi) is 4.08. The summed E-state index contributed by atoms with van der Waals surface area (Å²) in [5.41, 5.74) is 0.150. The van der Waals surface area contributed by atoms with Crippen LogP contribution in [-0.2, 0) is 22.6 Å². The molecule has 20 heavy (non-hydrogen) atoms. The summed E-state index contributed by atoms with van der Waals surface area (Å²) in [6.45, 7) is 2.48. The van der Waals surface area contributed by atoms with Gasteiger partial charge in [0.05, 0.1) is 19.9 Å². The first-order valence-corrected chi connectivity index (χ1v) is 5.94. The number of methoxy groups -OCH3 is 1. The number of rotatable bonds is 5. The summed E-state index contributed by atoms with van der Waals surface area (Å²) < 4.78 is 5.87. The molecule has 2 rings (SSSR count). The first kappa shape index (κ1) is 13.7. The molecule has 9 nitrogen and oxygen atoms in total. The highest BCUT2D eigenvalue weighted by Gasteiger charge is 2.11. The number of carbonyl (C=O) groups excluding carboxylic acids is 2. The van der Waals surface area contributed by atoms with E-state index in [4.69, 9.17) is 0 Å². The van der Waals surface area contributed by atoms with Crippen molar-refractivity contribution in [2.75, 3.05) is 12.4 Å². The van der Waals surface area contributed by atoms with Gasteiger partial charge >= 0.3 is 5.97 Å².